The molecule has 1 aromatic rings. The molecular weight excluding hydrogens is 498 g/mol. The molecule has 40 heavy (non-hydrogen) atoms. The van der Waals surface area contributed by atoms with Crippen molar-refractivity contribution in [2.75, 3.05) is 19.8 Å². The van der Waals surface area contributed by atoms with Gasteiger partial charge in [-0.1, -0.05) is 51.0 Å². The first-order valence-corrected chi connectivity index (χ1v) is 15.2. The SMILES string of the molecule is C=CCCCCC(=O)CN=C1CCC/C1=C(/N)C(=O)N1C(C)COC[C@@H]1C.CCCC.Cc1cccc(C)c1C. The van der Waals surface area contributed by atoms with Crippen molar-refractivity contribution in [3.8, 4) is 0 Å². The zero-order valence-electron chi connectivity index (χ0n) is 26.4. The summed E-state index contributed by atoms with van der Waals surface area (Å²) >= 11 is 0. The van der Waals surface area contributed by atoms with Gasteiger partial charge in [-0.15, -0.1) is 6.58 Å². The molecule has 1 aliphatic heterocycles. The third-order valence-electron chi connectivity index (χ3n) is 7.58. The summed E-state index contributed by atoms with van der Waals surface area (Å²) in [6.07, 6.45) is 10.3. The third kappa shape index (κ3) is 11.8. The van der Waals surface area contributed by atoms with Crippen LogP contribution in [-0.2, 0) is 14.3 Å². The Bertz CT molecular complexity index is 979. The minimum atomic E-state index is -0.140. The molecule has 0 spiro atoms. The van der Waals surface area contributed by atoms with Crippen molar-refractivity contribution in [1.82, 2.24) is 4.90 Å². The van der Waals surface area contributed by atoms with E-state index in [1.165, 1.54) is 29.5 Å². The number of aliphatic imine (C=N–C) groups is 1. The van der Waals surface area contributed by atoms with Gasteiger partial charge in [0.05, 0.1) is 31.8 Å². The van der Waals surface area contributed by atoms with E-state index in [9.17, 15) is 9.59 Å². The summed E-state index contributed by atoms with van der Waals surface area (Å²) in [6, 6.07) is 6.38. The van der Waals surface area contributed by atoms with Crippen LogP contribution in [0.25, 0.3) is 0 Å². The molecule has 6 nitrogen and oxygen atoms in total. The van der Waals surface area contributed by atoms with Crippen LogP contribution < -0.4 is 5.73 Å². The van der Waals surface area contributed by atoms with Crippen LogP contribution in [0.15, 0.2) is 47.1 Å². The van der Waals surface area contributed by atoms with Crippen molar-refractivity contribution >= 4 is 17.4 Å². The minimum Gasteiger partial charge on any atom is -0.394 e. The van der Waals surface area contributed by atoms with Gasteiger partial charge in [0.15, 0.2) is 5.78 Å². The van der Waals surface area contributed by atoms with Crippen LogP contribution in [-0.4, -0.2) is 54.1 Å². The Morgan fingerprint density at radius 2 is 1.65 bits per heavy atom. The highest BCUT2D eigenvalue weighted by Crippen LogP contribution is 2.26. The van der Waals surface area contributed by atoms with Crippen LogP contribution in [0.1, 0.15) is 102 Å². The van der Waals surface area contributed by atoms with Gasteiger partial charge in [-0.05, 0) is 89.8 Å². The lowest BCUT2D eigenvalue weighted by Gasteiger charge is -2.39. The average molecular weight is 554 g/mol. The number of hydrogen-bond donors (Lipinski definition) is 1. The van der Waals surface area contributed by atoms with Crippen molar-refractivity contribution in [2.45, 2.75) is 118 Å². The Morgan fingerprint density at radius 3 is 2.17 bits per heavy atom. The maximum absolute atomic E-state index is 12.9. The predicted molar refractivity (Wildman–Crippen MR) is 169 cm³/mol. The smallest absolute Gasteiger partial charge is 0.270 e. The largest absolute Gasteiger partial charge is 0.394 e. The number of rotatable bonds is 9. The lowest BCUT2D eigenvalue weighted by atomic mass is 10.1. The van der Waals surface area contributed by atoms with E-state index in [-0.39, 0.29) is 36.0 Å². The number of unbranched alkanes of at least 4 members (excludes halogenated alkanes) is 3. The summed E-state index contributed by atoms with van der Waals surface area (Å²) in [5, 5.41) is 0. The Morgan fingerprint density at radius 1 is 1.05 bits per heavy atom. The normalized spacial score (nSPS) is 20.7. The monoisotopic (exact) mass is 553 g/mol. The second-order valence-corrected chi connectivity index (χ2v) is 11.0. The van der Waals surface area contributed by atoms with Gasteiger partial charge in [-0.3, -0.25) is 14.6 Å². The van der Waals surface area contributed by atoms with Gasteiger partial charge in [0.25, 0.3) is 5.91 Å². The van der Waals surface area contributed by atoms with Gasteiger partial charge in [0.1, 0.15) is 5.70 Å². The third-order valence-corrected chi connectivity index (χ3v) is 7.58. The molecule has 0 radical (unpaired) electrons. The van der Waals surface area contributed by atoms with Crippen molar-refractivity contribution in [3.05, 3.63) is 58.8 Å². The number of nitrogens with zero attached hydrogens (tertiary/aromatic N) is 2. The summed E-state index contributed by atoms with van der Waals surface area (Å²) in [6.45, 7) is 19.7. The Balaban J connectivity index is 0.000000506. The molecule has 1 unspecified atom stereocenters. The number of benzene rings is 1. The van der Waals surface area contributed by atoms with Gasteiger partial charge < -0.3 is 15.4 Å². The Hall–Kier alpha value is -2.73. The average Bonchev–Trinajstić information content (AvgIpc) is 3.41. The standard InChI is InChI=1S/C21H33N3O3.C9H12.C4H10/c1-4-5-6-7-9-17(25)12-23-19-11-8-10-18(19)20(22)21(26)24-15(2)13-27-14-16(24)3;1-7-5-4-6-8(2)9(7)3;1-3-4-2/h4,15-16H,1,5-14,22H2,2-3H3;4-6H,1-3H3;3-4H2,1-2H3/b20-18-,23-19?;;/t15-,16?;;/m0../s1. The predicted octanol–water partition coefficient (Wildman–Crippen LogP) is 7.19. The highest BCUT2D eigenvalue weighted by atomic mass is 16.5. The number of ether oxygens (including phenoxy) is 1. The summed E-state index contributed by atoms with van der Waals surface area (Å²) in [5.74, 6) is -0.00298. The van der Waals surface area contributed by atoms with Gasteiger partial charge in [-0.2, -0.15) is 0 Å². The number of Topliss-reactive ketones (excluding diaryl/α,β-unsaturated/α-hetero) is 1. The first-order valence-electron chi connectivity index (χ1n) is 15.2. The number of carbonyl (C=O) groups excluding carboxylic acids is 2. The van der Waals surface area contributed by atoms with E-state index in [1.54, 1.807) is 0 Å². The van der Waals surface area contributed by atoms with E-state index in [1.807, 2.05) is 24.8 Å². The number of ketones is 1. The molecule has 1 saturated heterocycles. The van der Waals surface area contributed by atoms with Gasteiger partial charge in [-0.25, -0.2) is 0 Å². The summed E-state index contributed by atoms with van der Waals surface area (Å²) in [4.78, 5) is 31.3. The zero-order chi connectivity index (χ0) is 30.1. The lowest BCUT2D eigenvalue weighted by molar-refractivity contribution is -0.140. The van der Waals surface area contributed by atoms with E-state index in [0.717, 1.165) is 49.8 Å². The first kappa shape index (κ1) is 35.3. The van der Waals surface area contributed by atoms with Crippen molar-refractivity contribution in [2.24, 2.45) is 10.7 Å². The maximum atomic E-state index is 12.9. The van der Waals surface area contributed by atoms with Gasteiger partial charge >= 0.3 is 0 Å². The number of morpholine rings is 1. The first-order chi connectivity index (χ1) is 19.1. The molecule has 1 heterocycles. The molecule has 1 aromatic carbocycles. The summed E-state index contributed by atoms with van der Waals surface area (Å²) < 4.78 is 5.50. The second-order valence-electron chi connectivity index (χ2n) is 11.0. The quantitative estimate of drug-likeness (QED) is 0.199. The van der Waals surface area contributed by atoms with E-state index in [0.29, 0.717) is 19.6 Å². The van der Waals surface area contributed by atoms with E-state index in [2.05, 4.69) is 64.4 Å². The summed E-state index contributed by atoms with van der Waals surface area (Å²) in [7, 11) is 0. The highest BCUT2D eigenvalue weighted by molar-refractivity contribution is 6.09. The number of amides is 1. The topological polar surface area (TPSA) is 85.0 Å². The molecule has 1 aliphatic carbocycles. The molecule has 224 valence electrons. The van der Waals surface area contributed by atoms with E-state index < -0.39 is 0 Å². The van der Waals surface area contributed by atoms with Crippen molar-refractivity contribution in [3.63, 3.8) is 0 Å². The molecule has 6 heteroatoms. The fourth-order valence-electron chi connectivity index (χ4n) is 4.64. The fraction of sp³-hybridized carbons (Fsp3) is 0.618. The van der Waals surface area contributed by atoms with E-state index >= 15 is 0 Å². The molecule has 1 saturated carbocycles. The minimum absolute atomic E-state index is 0.000615. The highest BCUT2D eigenvalue weighted by Gasteiger charge is 2.33. The molecule has 2 atom stereocenters. The van der Waals surface area contributed by atoms with Crippen LogP contribution in [0.2, 0.25) is 0 Å². The van der Waals surface area contributed by atoms with Crippen molar-refractivity contribution in [1.29, 1.82) is 0 Å². The maximum Gasteiger partial charge on any atom is 0.270 e. The number of carbonyl (C=O) groups is 2. The number of allylic oxidation sites excluding steroid dienone is 2. The Labute approximate surface area is 244 Å². The fourth-order valence-corrected chi connectivity index (χ4v) is 4.64. The zero-order valence-corrected chi connectivity index (χ0v) is 26.4. The molecule has 3 rings (SSSR count). The lowest BCUT2D eigenvalue weighted by Crippen LogP contribution is -2.53. The Kier molecular flexibility index (Phi) is 17.1. The van der Waals surface area contributed by atoms with Crippen molar-refractivity contribution < 1.29 is 14.3 Å². The van der Waals surface area contributed by atoms with E-state index in [4.69, 9.17) is 10.5 Å². The number of nitrogens with two attached hydrogens (primary N) is 1. The molecule has 1 amide bonds. The number of hydrogen-bond acceptors (Lipinski definition) is 5. The molecular formula is C34H55N3O3. The molecule has 2 N–H and O–H groups in total. The molecule has 2 fully saturated rings. The molecule has 0 aromatic heterocycles. The van der Waals surface area contributed by atoms with Gasteiger partial charge in [0, 0.05) is 17.7 Å². The van der Waals surface area contributed by atoms with Crippen LogP contribution in [0.5, 0.6) is 0 Å². The number of aryl methyl sites for hydroxylation is 2. The van der Waals surface area contributed by atoms with Crippen LogP contribution in [0, 0.1) is 20.8 Å². The van der Waals surface area contributed by atoms with Crippen LogP contribution >= 0.6 is 0 Å². The second kappa shape index (κ2) is 19.4. The molecule has 0 bridgehead atoms. The molecule has 2 aliphatic rings. The van der Waals surface area contributed by atoms with Gasteiger partial charge in [0.2, 0.25) is 0 Å². The van der Waals surface area contributed by atoms with Crippen LogP contribution in [0.3, 0.4) is 0 Å². The van der Waals surface area contributed by atoms with Crippen LogP contribution in [0.4, 0.5) is 0 Å². The summed E-state index contributed by atoms with van der Waals surface area (Å²) in [5.41, 5.74) is 12.4.